The Kier molecular flexibility index (Phi) is 7.41. The molecule has 1 amide bonds. The monoisotopic (exact) mass is 555 g/mol. The summed E-state index contributed by atoms with van der Waals surface area (Å²) in [6, 6.07) is 23.5. The molecule has 0 fully saturated rings. The average Bonchev–Trinajstić information content (AvgIpc) is 2.89. The van der Waals surface area contributed by atoms with Gasteiger partial charge in [0, 0.05) is 27.9 Å². The minimum absolute atomic E-state index is 0.113. The van der Waals surface area contributed by atoms with Crippen LogP contribution >= 0.6 is 15.9 Å². The molecule has 0 aromatic heterocycles. The molecule has 8 nitrogen and oxygen atoms in total. The molecule has 0 aliphatic carbocycles. The fraction of sp³-hybridized carbons (Fsp3) is 0.0357. The third-order valence-electron chi connectivity index (χ3n) is 5.52. The van der Waals surface area contributed by atoms with E-state index >= 15 is 0 Å². The second-order valence-corrected chi connectivity index (χ2v) is 8.89. The highest BCUT2D eigenvalue weighted by molar-refractivity contribution is 9.10. The summed E-state index contributed by atoms with van der Waals surface area (Å²) in [6.45, 7) is 1.61. The van der Waals surface area contributed by atoms with Crippen molar-refractivity contribution < 1.29 is 19.2 Å². The molecule has 0 aliphatic heterocycles. The number of nitriles is 1. The molecule has 4 aromatic rings. The molecule has 0 saturated heterocycles. The van der Waals surface area contributed by atoms with E-state index in [1.54, 1.807) is 37.3 Å². The lowest BCUT2D eigenvalue weighted by Crippen LogP contribution is -2.14. The molecular formula is C28H18BrN3O5. The largest absolute Gasteiger partial charge is 0.422 e. The number of nitrogens with one attached hydrogen (secondary N) is 1. The van der Waals surface area contributed by atoms with E-state index in [1.165, 1.54) is 24.3 Å². The predicted octanol–water partition coefficient (Wildman–Crippen LogP) is 6.58. The Bertz CT molecular complexity index is 1630. The van der Waals surface area contributed by atoms with Crippen molar-refractivity contribution in [2.75, 3.05) is 5.32 Å². The van der Waals surface area contributed by atoms with Gasteiger partial charge in [-0.25, -0.2) is 4.79 Å². The van der Waals surface area contributed by atoms with Gasteiger partial charge >= 0.3 is 5.97 Å². The summed E-state index contributed by atoms with van der Waals surface area (Å²) >= 11 is 3.36. The number of carbonyl (C=O) groups is 2. The maximum atomic E-state index is 13.1. The number of carbonyl (C=O) groups excluding carboxylic acids is 2. The quantitative estimate of drug-likeness (QED) is 0.0715. The number of aryl methyl sites for hydroxylation is 1. The van der Waals surface area contributed by atoms with Crippen LogP contribution in [0.2, 0.25) is 0 Å². The number of anilines is 1. The standard InChI is InChI=1S/C28H18BrN3O5/c1-17-13-22(32(35)36)10-11-25(17)31-27(33)20(16-30)14-19-15-21(29)9-12-26(19)37-28(34)24-8-4-6-18-5-2-3-7-23(18)24/h2-15H,1H3,(H,31,33)/b20-14+. The zero-order valence-corrected chi connectivity index (χ0v) is 21.0. The highest BCUT2D eigenvalue weighted by atomic mass is 79.9. The van der Waals surface area contributed by atoms with Gasteiger partial charge in [-0.05, 0) is 59.7 Å². The van der Waals surface area contributed by atoms with Crippen LogP contribution in [0.1, 0.15) is 21.5 Å². The Morgan fingerprint density at radius 2 is 1.81 bits per heavy atom. The summed E-state index contributed by atoms with van der Waals surface area (Å²) in [5.74, 6) is -1.14. The van der Waals surface area contributed by atoms with Crippen molar-refractivity contribution in [3.8, 4) is 11.8 Å². The molecule has 37 heavy (non-hydrogen) atoms. The molecule has 9 heteroatoms. The number of nitro groups is 1. The van der Waals surface area contributed by atoms with E-state index < -0.39 is 16.8 Å². The van der Waals surface area contributed by atoms with Gasteiger partial charge in [0.05, 0.1) is 10.5 Å². The van der Waals surface area contributed by atoms with Crippen molar-refractivity contribution in [1.29, 1.82) is 5.26 Å². The Hall–Kier alpha value is -4.81. The number of halogens is 1. The highest BCUT2D eigenvalue weighted by Gasteiger charge is 2.17. The van der Waals surface area contributed by atoms with Gasteiger partial charge in [-0.2, -0.15) is 5.26 Å². The SMILES string of the molecule is Cc1cc([N+](=O)[O-])ccc1NC(=O)/C(C#N)=C/c1cc(Br)ccc1OC(=O)c1cccc2ccccc12. The van der Waals surface area contributed by atoms with Crippen LogP contribution in [0.25, 0.3) is 16.8 Å². The number of fused-ring (bicyclic) bond motifs is 1. The first-order valence-electron chi connectivity index (χ1n) is 10.9. The molecule has 4 aromatic carbocycles. The highest BCUT2D eigenvalue weighted by Crippen LogP contribution is 2.28. The molecule has 0 bridgehead atoms. The van der Waals surface area contributed by atoms with Gasteiger partial charge in [0.25, 0.3) is 11.6 Å². The van der Waals surface area contributed by atoms with Crippen molar-refractivity contribution in [2.45, 2.75) is 6.92 Å². The molecule has 0 atom stereocenters. The number of esters is 1. The number of hydrogen-bond acceptors (Lipinski definition) is 6. The number of hydrogen-bond donors (Lipinski definition) is 1. The molecule has 0 aliphatic rings. The minimum atomic E-state index is -0.717. The third-order valence-corrected chi connectivity index (χ3v) is 6.01. The molecule has 0 radical (unpaired) electrons. The number of benzene rings is 4. The van der Waals surface area contributed by atoms with E-state index in [1.807, 2.05) is 36.4 Å². The third kappa shape index (κ3) is 5.72. The van der Waals surface area contributed by atoms with Crippen molar-refractivity contribution in [2.24, 2.45) is 0 Å². The van der Waals surface area contributed by atoms with Crippen LogP contribution in [0.3, 0.4) is 0 Å². The Labute approximate surface area is 220 Å². The van der Waals surface area contributed by atoms with Crippen LogP contribution in [0, 0.1) is 28.4 Å². The van der Waals surface area contributed by atoms with Crippen molar-refractivity contribution in [1.82, 2.24) is 0 Å². The number of nitrogens with zero attached hydrogens (tertiary/aromatic N) is 2. The van der Waals surface area contributed by atoms with E-state index in [4.69, 9.17) is 4.74 Å². The lowest BCUT2D eigenvalue weighted by Gasteiger charge is -2.11. The smallest absolute Gasteiger partial charge is 0.344 e. The van der Waals surface area contributed by atoms with Crippen LogP contribution in [-0.2, 0) is 4.79 Å². The van der Waals surface area contributed by atoms with E-state index in [2.05, 4.69) is 21.2 Å². The number of non-ortho nitro benzene ring substituents is 1. The summed E-state index contributed by atoms with van der Waals surface area (Å²) in [7, 11) is 0. The first-order chi connectivity index (χ1) is 17.8. The van der Waals surface area contributed by atoms with Gasteiger partial charge in [0.2, 0.25) is 0 Å². The van der Waals surface area contributed by atoms with Crippen LogP contribution in [0.5, 0.6) is 5.75 Å². The minimum Gasteiger partial charge on any atom is -0.422 e. The molecule has 0 unspecified atom stereocenters. The van der Waals surface area contributed by atoms with E-state index in [0.717, 1.165) is 10.8 Å². The summed E-state index contributed by atoms with van der Waals surface area (Å²) in [5, 5.41) is 24.9. The topological polar surface area (TPSA) is 122 Å². The van der Waals surface area contributed by atoms with Crippen LogP contribution < -0.4 is 10.1 Å². The number of amides is 1. The normalized spacial score (nSPS) is 11.0. The fourth-order valence-corrected chi connectivity index (χ4v) is 4.06. The lowest BCUT2D eigenvalue weighted by atomic mass is 10.0. The van der Waals surface area contributed by atoms with E-state index in [-0.39, 0.29) is 17.0 Å². The predicted molar refractivity (Wildman–Crippen MR) is 143 cm³/mol. The Balaban J connectivity index is 1.63. The maximum Gasteiger partial charge on any atom is 0.344 e. The van der Waals surface area contributed by atoms with Crippen LogP contribution in [0.15, 0.2) is 88.9 Å². The molecule has 4 rings (SSSR count). The summed E-state index contributed by atoms with van der Waals surface area (Å²) < 4.78 is 6.33. The molecular weight excluding hydrogens is 538 g/mol. The number of nitro benzene ring substituents is 1. The molecule has 182 valence electrons. The maximum absolute atomic E-state index is 13.1. The molecule has 0 heterocycles. The molecule has 0 saturated carbocycles. The average molecular weight is 556 g/mol. The lowest BCUT2D eigenvalue weighted by molar-refractivity contribution is -0.384. The van der Waals surface area contributed by atoms with Gasteiger partial charge in [-0.1, -0.05) is 52.3 Å². The summed E-state index contributed by atoms with van der Waals surface area (Å²) in [5.41, 5.74) is 1.13. The van der Waals surface area contributed by atoms with Crippen LogP contribution in [0.4, 0.5) is 11.4 Å². The fourth-order valence-electron chi connectivity index (χ4n) is 3.68. The second kappa shape index (κ2) is 10.8. The Morgan fingerprint density at radius 1 is 1.05 bits per heavy atom. The van der Waals surface area contributed by atoms with Gasteiger partial charge in [0.1, 0.15) is 17.4 Å². The Morgan fingerprint density at radius 3 is 2.54 bits per heavy atom. The van der Waals surface area contributed by atoms with Gasteiger partial charge in [-0.15, -0.1) is 0 Å². The first kappa shape index (κ1) is 25.3. The van der Waals surface area contributed by atoms with E-state index in [0.29, 0.717) is 26.9 Å². The van der Waals surface area contributed by atoms with Crippen molar-refractivity contribution in [3.63, 3.8) is 0 Å². The van der Waals surface area contributed by atoms with E-state index in [9.17, 15) is 25.0 Å². The van der Waals surface area contributed by atoms with Crippen molar-refractivity contribution >= 4 is 56.0 Å². The van der Waals surface area contributed by atoms with Gasteiger partial charge < -0.3 is 10.1 Å². The van der Waals surface area contributed by atoms with Crippen LogP contribution in [-0.4, -0.2) is 16.8 Å². The second-order valence-electron chi connectivity index (χ2n) is 7.98. The van der Waals surface area contributed by atoms with Crippen molar-refractivity contribution in [3.05, 3.63) is 116 Å². The molecule has 0 spiro atoms. The number of ether oxygens (including phenoxy) is 1. The first-order valence-corrected chi connectivity index (χ1v) is 11.7. The molecule has 1 N–H and O–H groups in total. The zero-order valence-electron chi connectivity index (χ0n) is 19.4. The zero-order chi connectivity index (χ0) is 26.5. The van der Waals surface area contributed by atoms with Gasteiger partial charge in [-0.3, -0.25) is 14.9 Å². The summed E-state index contributed by atoms with van der Waals surface area (Å²) in [6.07, 6.45) is 1.31. The van der Waals surface area contributed by atoms with Gasteiger partial charge in [0.15, 0.2) is 0 Å². The number of rotatable bonds is 6. The summed E-state index contributed by atoms with van der Waals surface area (Å²) in [4.78, 5) is 36.3.